The third-order valence-corrected chi connectivity index (χ3v) is 5.06. The number of pyridine rings is 1. The highest BCUT2D eigenvalue weighted by molar-refractivity contribution is 5.99. The zero-order valence-corrected chi connectivity index (χ0v) is 16.2. The number of benzene rings is 1. The smallest absolute Gasteiger partial charge is 0.249 e. The average Bonchev–Trinajstić information content (AvgIpc) is 3.07. The summed E-state index contributed by atoms with van der Waals surface area (Å²) in [5.74, 6) is 0.179. The first-order chi connectivity index (χ1) is 13.3. The lowest BCUT2D eigenvalue weighted by Crippen LogP contribution is -2.45. The Kier molecular flexibility index (Phi) is 5.61. The minimum atomic E-state index is -0.700. The van der Waals surface area contributed by atoms with Gasteiger partial charge in [-0.05, 0) is 43.2 Å². The molecule has 1 fully saturated rings. The fourth-order valence-electron chi connectivity index (χ4n) is 3.64. The summed E-state index contributed by atoms with van der Waals surface area (Å²) in [5, 5.41) is 19.8. The Hall–Kier alpha value is -2.98. The van der Waals surface area contributed by atoms with E-state index in [1.165, 1.54) is 4.90 Å². The number of hydrogen-bond donors (Lipinski definition) is 1. The van der Waals surface area contributed by atoms with E-state index < -0.39 is 18.8 Å². The highest BCUT2D eigenvalue weighted by Crippen LogP contribution is 2.31. The number of anilines is 2. The maximum atomic E-state index is 13.2. The van der Waals surface area contributed by atoms with Crippen LogP contribution in [-0.2, 0) is 11.5 Å². The Bertz CT molecular complexity index is 940. The summed E-state index contributed by atoms with van der Waals surface area (Å²) in [6.07, 6.45) is -0.459. The molecule has 0 radical (unpaired) electrons. The number of nitriles is 1. The van der Waals surface area contributed by atoms with Crippen molar-refractivity contribution in [1.82, 2.24) is 4.98 Å². The number of aryl methyl sites for hydroxylation is 2. The summed E-state index contributed by atoms with van der Waals surface area (Å²) >= 11 is 0. The average molecular weight is 382 g/mol. The van der Waals surface area contributed by atoms with Gasteiger partial charge in [-0.15, -0.1) is 0 Å². The Morgan fingerprint density at radius 1 is 1.43 bits per heavy atom. The van der Waals surface area contributed by atoms with Gasteiger partial charge in [0.15, 0.2) is 0 Å². The van der Waals surface area contributed by atoms with Gasteiger partial charge in [0.1, 0.15) is 24.6 Å². The topological polar surface area (TPSA) is 80.5 Å². The van der Waals surface area contributed by atoms with Crippen LogP contribution >= 0.6 is 0 Å². The minimum absolute atomic E-state index is 0.222. The maximum absolute atomic E-state index is 13.2. The SMILES string of the molecule is Cc1cc(C)c(C#N)c(N2C[C@@H](O)C[C@H]2C(=O)N(C)c2cccc(CF)c2)n1. The van der Waals surface area contributed by atoms with E-state index in [-0.39, 0.29) is 18.9 Å². The number of aliphatic hydroxyl groups excluding tert-OH is 1. The number of carbonyl (C=O) groups is 1. The summed E-state index contributed by atoms with van der Waals surface area (Å²) in [6.45, 7) is 3.27. The molecule has 3 rings (SSSR count). The zero-order chi connectivity index (χ0) is 20.4. The summed E-state index contributed by atoms with van der Waals surface area (Å²) in [7, 11) is 1.63. The molecule has 1 N–H and O–H groups in total. The molecule has 2 atom stereocenters. The number of likely N-dealkylation sites (N-methyl/N-ethyl adjacent to an activating group) is 1. The molecule has 1 aliphatic rings. The molecule has 2 heterocycles. The molecule has 1 aliphatic heterocycles. The minimum Gasteiger partial charge on any atom is -0.391 e. The maximum Gasteiger partial charge on any atom is 0.249 e. The van der Waals surface area contributed by atoms with Gasteiger partial charge in [-0.25, -0.2) is 9.37 Å². The van der Waals surface area contributed by atoms with Crippen molar-refractivity contribution < 1.29 is 14.3 Å². The van der Waals surface area contributed by atoms with Gasteiger partial charge in [-0.3, -0.25) is 4.79 Å². The molecular weight excluding hydrogens is 359 g/mol. The van der Waals surface area contributed by atoms with E-state index >= 15 is 0 Å². The van der Waals surface area contributed by atoms with E-state index in [1.807, 2.05) is 19.9 Å². The number of aromatic nitrogens is 1. The molecule has 1 aromatic carbocycles. The Balaban J connectivity index is 1.96. The van der Waals surface area contributed by atoms with Gasteiger partial charge in [0.05, 0.1) is 11.7 Å². The van der Waals surface area contributed by atoms with Crippen LogP contribution in [0.25, 0.3) is 0 Å². The van der Waals surface area contributed by atoms with Crippen molar-refractivity contribution in [3.8, 4) is 6.07 Å². The van der Waals surface area contributed by atoms with Crippen LogP contribution in [0.15, 0.2) is 30.3 Å². The predicted octanol–water partition coefficient (Wildman–Crippen LogP) is 2.64. The van der Waals surface area contributed by atoms with Crippen LogP contribution in [0.5, 0.6) is 0 Å². The molecular formula is C21H23FN4O2. The lowest BCUT2D eigenvalue weighted by molar-refractivity contribution is -0.119. The Labute approximate surface area is 163 Å². The molecule has 0 saturated carbocycles. The van der Waals surface area contributed by atoms with Crippen molar-refractivity contribution in [1.29, 1.82) is 5.26 Å². The molecule has 146 valence electrons. The predicted molar refractivity (Wildman–Crippen MR) is 105 cm³/mol. The van der Waals surface area contributed by atoms with E-state index in [0.29, 0.717) is 22.6 Å². The molecule has 6 nitrogen and oxygen atoms in total. The van der Waals surface area contributed by atoms with Crippen LogP contribution < -0.4 is 9.80 Å². The molecule has 0 aliphatic carbocycles. The number of amides is 1. The van der Waals surface area contributed by atoms with E-state index in [0.717, 1.165) is 11.3 Å². The largest absolute Gasteiger partial charge is 0.391 e. The second kappa shape index (κ2) is 7.95. The molecule has 1 saturated heterocycles. The molecule has 0 unspecified atom stereocenters. The van der Waals surface area contributed by atoms with Gasteiger partial charge >= 0.3 is 0 Å². The van der Waals surface area contributed by atoms with E-state index in [2.05, 4.69) is 11.1 Å². The fraction of sp³-hybridized carbons (Fsp3) is 0.381. The zero-order valence-electron chi connectivity index (χ0n) is 16.2. The second-order valence-corrected chi connectivity index (χ2v) is 7.15. The number of β-amino-alcohol motifs (C(OH)–C–C–N with tert-alkyl or cyclic N) is 1. The lowest BCUT2D eigenvalue weighted by Gasteiger charge is -2.29. The number of aliphatic hydroxyl groups is 1. The van der Waals surface area contributed by atoms with Crippen LogP contribution in [0.3, 0.4) is 0 Å². The standard InChI is InChI=1S/C21H23FN4O2/c1-13-7-14(2)24-20(18(13)11-23)26-12-17(27)9-19(26)21(28)25(3)16-6-4-5-15(8-16)10-22/h4-8,17,19,27H,9-10,12H2,1-3H3/t17-,19-/m0/s1. The molecule has 1 amide bonds. The lowest BCUT2D eigenvalue weighted by atomic mass is 10.1. The first-order valence-corrected chi connectivity index (χ1v) is 9.11. The third kappa shape index (κ3) is 3.69. The van der Waals surface area contributed by atoms with Crippen molar-refractivity contribution in [3.05, 3.63) is 52.7 Å². The number of halogens is 1. The molecule has 28 heavy (non-hydrogen) atoms. The number of nitrogens with zero attached hydrogens (tertiary/aromatic N) is 4. The second-order valence-electron chi connectivity index (χ2n) is 7.15. The van der Waals surface area contributed by atoms with E-state index in [1.54, 1.807) is 36.2 Å². The van der Waals surface area contributed by atoms with Gasteiger partial charge < -0.3 is 14.9 Å². The number of alkyl halides is 1. The van der Waals surface area contributed by atoms with Crippen LogP contribution in [0, 0.1) is 25.2 Å². The summed E-state index contributed by atoms with van der Waals surface area (Å²) < 4.78 is 13.0. The van der Waals surface area contributed by atoms with Crippen molar-refractivity contribution in [2.24, 2.45) is 0 Å². The number of hydrogen-bond acceptors (Lipinski definition) is 5. The first-order valence-electron chi connectivity index (χ1n) is 9.11. The van der Waals surface area contributed by atoms with Gasteiger partial charge in [0.25, 0.3) is 0 Å². The van der Waals surface area contributed by atoms with E-state index in [9.17, 15) is 19.6 Å². The highest BCUT2D eigenvalue weighted by atomic mass is 19.1. The summed E-state index contributed by atoms with van der Waals surface area (Å²) in [6, 6.07) is 10.1. The monoisotopic (exact) mass is 382 g/mol. The number of carbonyl (C=O) groups excluding carboxylic acids is 1. The summed E-state index contributed by atoms with van der Waals surface area (Å²) in [4.78, 5) is 20.9. The van der Waals surface area contributed by atoms with Crippen molar-refractivity contribution in [2.45, 2.75) is 39.1 Å². The van der Waals surface area contributed by atoms with Gasteiger partial charge in [-0.2, -0.15) is 5.26 Å². The highest BCUT2D eigenvalue weighted by Gasteiger charge is 2.39. The van der Waals surface area contributed by atoms with Gasteiger partial charge in [0.2, 0.25) is 5.91 Å². The molecule has 0 bridgehead atoms. The first kappa shape index (κ1) is 19.8. The molecule has 0 spiro atoms. The summed E-state index contributed by atoms with van der Waals surface area (Å²) in [5.41, 5.74) is 2.99. The van der Waals surface area contributed by atoms with Crippen LogP contribution in [0.2, 0.25) is 0 Å². The molecule has 1 aromatic heterocycles. The van der Waals surface area contributed by atoms with Crippen molar-refractivity contribution in [3.63, 3.8) is 0 Å². The Morgan fingerprint density at radius 3 is 2.86 bits per heavy atom. The van der Waals surface area contributed by atoms with Crippen LogP contribution in [0.1, 0.15) is 28.8 Å². The third-order valence-electron chi connectivity index (χ3n) is 5.06. The van der Waals surface area contributed by atoms with Crippen molar-refractivity contribution >= 4 is 17.4 Å². The van der Waals surface area contributed by atoms with Gasteiger partial charge in [-0.1, -0.05) is 12.1 Å². The van der Waals surface area contributed by atoms with E-state index in [4.69, 9.17) is 0 Å². The van der Waals surface area contributed by atoms with Crippen molar-refractivity contribution in [2.75, 3.05) is 23.4 Å². The number of rotatable bonds is 4. The molecule has 2 aromatic rings. The quantitative estimate of drug-likeness (QED) is 0.879. The Morgan fingerprint density at radius 2 is 2.18 bits per heavy atom. The van der Waals surface area contributed by atoms with Crippen LogP contribution in [0.4, 0.5) is 15.9 Å². The van der Waals surface area contributed by atoms with Crippen LogP contribution in [-0.4, -0.2) is 41.7 Å². The molecule has 7 heteroatoms. The fourth-order valence-corrected chi connectivity index (χ4v) is 3.64. The normalized spacial score (nSPS) is 18.8. The van der Waals surface area contributed by atoms with Gasteiger partial charge in [0, 0.05) is 31.4 Å².